The van der Waals surface area contributed by atoms with Crippen molar-refractivity contribution in [2.45, 2.75) is 26.8 Å². The van der Waals surface area contributed by atoms with Gasteiger partial charge in [0.25, 0.3) is 11.4 Å². The zero-order chi connectivity index (χ0) is 29.3. The van der Waals surface area contributed by atoms with Crippen molar-refractivity contribution in [1.82, 2.24) is 4.57 Å². The third kappa shape index (κ3) is 5.72. The Balaban J connectivity index is 1.65. The number of thiophene rings is 1. The number of halogens is 1. The van der Waals surface area contributed by atoms with E-state index in [9.17, 15) is 25.0 Å². The summed E-state index contributed by atoms with van der Waals surface area (Å²) in [6, 6.07) is 12.8. The highest BCUT2D eigenvalue weighted by Gasteiger charge is 2.20. The fourth-order valence-corrected chi connectivity index (χ4v) is 6.19. The second-order valence-electron chi connectivity index (χ2n) is 9.37. The molecule has 12 heteroatoms. The van der Waals surface area contributed by atoms with Gasteiger partial charge in [-0.15, -0.1) is 11.3 Å². The van der Waals surface area contributed by atoms with Gasteiger partial charge in [-0.1, -0.05) is 23.7 Å². The largest absolute Gasteiger partial charge is 0.466 e. The Labute approximate surface area is 243 Å². The molecule has 3 aromatic carbocycles. The second-order valence-corrected chi connectivity index (χ2v) is 10.7. The van der Waals surface area contributed by atoms with E-state index in [0.29, 0.717) is 22.7 Å². The molecule has 0 bridgehead atoms. The first-order valence-electron chi connectivity index (χ1n) is 12.8. The number of nitro benzene ring substituents is 2. The molecule has 0 amide bonds. The van der Waals surface area contributed by atoms with E-state index in [1.807, 2.05) is 42.0 Å². The van der Waals surface area contributed by atoms with E-state index in [1.54, 1.807) is 24.3 Å². The first-order valence-corrected chi connectivity index (χ1v) is 14.1. The molecule has 2 heterocycles. The topological polar surface area (TPSA) is 130 Å². The Morgan fingerprint density at radius 3 is 2.37 bits per heavy atom. The Morgan fingerprint density at radius 2 is 1.71 bits per heavy atom. The van der Waals surface area contributed by atoms with Gasteiger partial charge < -0.3 is 14.6 Å². The molecule has 5 aromatic rings. The number of anilines is 1. The summed E-state index contributed by atoms with van der Waals surface area (Å²) >= 11 is 8.06. The van der Waals surface area contributed by atoms with Gasteiger partial charge in [-0.3, -0.25) is 25.0 Å². The van der Waals surface area contributed by atoms with Crippen LogP contribution in [0.4, 0.5) is 17.1 Å². The number of hydrogen-bond acceptors (Lipinski definition) is 8. The van der Waals surface area contributed by atoms with Gasteiger partial charge in [0.15, 0.2) is 0 Å². The molecule has 0 spiro atoms. The minimum atomic E-state index is -0.649. The number of fused-ring (bicyclic) bond motifs is 2. The number of nitrogens with zero attached hydrogens (tertiary/aromatic N) is 3. The molecule has 0 unspecified atom stereocenters. The maximum atomic E-state index is 12.4. The second kappa shape index (κ2) is 11.6. The number of esters is 1. The minimum absolute atomic E-state index is 0.0692. The summed E-state index contributed by atoms with van der Waals surface area (Å²) in [5.41, 5.74) is 3.69. The molecular formula is C29H25ClN4O6S. The number of carbonyl (C=O) groups excluding carboxylic acids is 1. The number of nitro groups is 2. The first-order chi connectivity index (χ1) is 19.7. The van der Waals surface area contributed by atoms with E-state index >= 15 is 0 Å². The Kier molecular flexibility index (Phi) is 7.91. The lowest BCUT2D eigenvalue weighted by atomic mass is 10.0. The lowest BCUT2D eigenvalue weighted by Gasteiger charge is -2.09. The van der Waals surface area contributed by atoms with Gasteiger partial charge in [0.2, 0.25) is 0 Å². The molecule has 0 atom stereocenters. The van der Waals surface area contributed by atoms with Crippen LogP contribution < -0.4 is 5.32 Å². The van der Waals surface area contributed by atoms with E-state index in [2.05, 4.69) is 10.7 Å². The van der Waals surface area contributed by atoms with E-state index in [1.165, 1.54) is 12.1 Å². The Morgan fingerprint density at radius 1 is 0.976 bits per heavy atom. The molecule has 0 aliphatic carbocycles. The summed E-state index contributed by atoms with van der Waals surface area (Å²) in [7, 11) is 0. The third-order valence-electron chi connectivity index (χ3n) is 6.69. The molecule has 0 saturated carbocycles. The summed E-state index contributed by atoms with van der Waals surface area (Å²) in [4.78, 5) is 34.1. The molecule has 0 saturated heterocycles. The van der Waals surface area contributed by atoms with Gasteiger partial charge in [0, 0.05) is 52.7 Å². The Hall–Kier alpha value is -4.48. The fraction of sp³-hybridized carbons (Fsp3) is 0.207. The molecule has 0 fully saturated rings. The highest BCUT2D eigenvalue weighted by atomic mass is 35.5. The standard InChI is InChI=1S/C29H25ClN4O6S/c1-3-31-26-12-21(30)11-25-20(16-41-29(25)26)15-32-14-19(10-28(35)40-4-2)24-6-5-17(9-27(24)32)18-7-22(33(36)37)13-23(8-18)34(38)39/h5-9,11-14,16,31H,3-4,10,15H2,1-2H3. The number of nitrogens with one attached hydrogen (secondary N) is 1. The monoisotopic (exact) mass is 592 g/mol. The maximum absolute atomic E-state index is 12.4. The van der Waals surface area contributed by atoms with Crippen LogP contribution in [0.3, 0.4) is 0 Å². The zero-order valence-corrected chi connectivity index (χ0v) is 23.8. The quantitative estimate of drug-likeness (QED) is 0.100. The maximum Gasteiger partial charge on any atom is 0.310 e. The zero-order valence-electron chi connectivity index (χ0n) is 22.2. The van der Waals surface area contributed by atoms with Crippen LogP contribution in [-0.4, -0.2) is 33.5 Å². The van der Waals surface area contributed by atoms with Gasteiger partial charge in [0.05, 0.1) is 39.3 Å². The molecular weight excluding hydrogens is 568 g/mol. The van der Waals surface area contributed by atoms with Crippen molar-refractivity contribution in [1.29, 1.82) is 0 Å². The SMILES string of the molecule is CCNc1cc(Cl)cc2c(Cn3cc(CC(=O)OCC)c4ccc(-c5cc([N+](=O)[O-])cc([N+](=O)[O-])c5)cc43)csc12. The normalized spacial score (nSPS) is 11.2. The van der Waals surface area contributed by atoms with Crippen LogP contribution in [0.1, 0.15) is 25.0 Å². The van der Waals surface area contributed by atoms with Crippen LogP contribution in [0.15, 0.2) is 60.1 Å². The van der Waals surface area contributed by atoms with Crippen molar-refractivity contribution in [2.75, 3.05) is 18.5 Å². The predicted molar refractivity (Wildman–Crippen MR) is 161 cm³/mol. The molecule has 2 aromatic heterocycles. The molecule has 0 aliphatic rings. The van der Waals surface area contributed by atoms with E-state index in [-0.39, 0.29) is 30.4 Å². The van der Waals surface area contributed by atoms with Crippen LogP contribution >= 0.6 is 22.9 Å². The lowest BCUT2D eigenvalue weighted by molar-refractivity contribution is -0.394. The third-order valence-corrected chi connectivity index (χ3v) is 7.99. The predicted octanol–water partition coefficient (Wildman–Crippen LogP) is 7.58. The fourth-order valence-electron chi connectivity index (χ4n) is 4.94. The minimum Gasteiger partial charge on any atom is -0.466 e. The van der Waals surface area contributed by atoms with Crippen molar-refractivity contribution >= 4 is 67.0 Å². The molecule has 10 nitrogen and oxygen atoms in total. The number of ether oxygens (including phenoxy) is 1. The van der Waals surface area contributed by atoms with Crippen LogP contribution in [0, 0.1) is 20.2 Å². The van der Waals surface area contributed by atoms with Crippen molar-refractivity contribution < 1.29 is 19.4 Å². The average Bonchev–Trinajstić information content (AvgIpc) is 3.49. The molecule has 5 rings (SSSR count). The van der Waals surface area contributed by atoms with E-state index in [0.717, 1.165) is 50.4 Å². The molecule has 41 heavy (non-hydrogen) atoms. The van der Waals surface area contributed by atoms with Crippen molar-refractivity contribution in [3.63, 3.8) is 0 Å². The number of carbonyl (C=O) groups is 1. The first kappa shape index (κ1) is 28.1. The van der Waals surface area contributed by atoms with Gasteiger partial charge in [-0.2, -0.15) is 0 Å². The summed E-state index contributed by atoms with van der Waals surface area (Å²) in [5.74, 6) is -0.354. The van der Waals surface area contributed by atoms with Gasteiger partial charge in [-0.05, 0) is 59.7 Å². The smallest absolute Gasteiger partial charge is 0.310 e. The summed E-state index contributed by atoms with van der Waals surface area (Å²) in [5, 5.41) is 30.8. The van der Waals surface area contributed by atoms with Crippen LogP contribution in [0.25, 0.3) is 32.1 Å². The number of non-ortho nitro benzene ring substituents is 2. The molecule has 0 radical (unpaired) electrons. The number of rotatable bonds is 10. The summed E-state index contributed by atoms with van der Waals surface area (Å²) in [6.07, 6.45) is 1.97. The van der Waals surface area contributed by atoms with Gasteiger partial charge in [0.1, 0.15) is 0 Å². The van der Waals surface area contributed by atoms with Crippen molar-refractivity contribution in [3.05, 3.63) is 96.5 Å². The van der Waals surface area contributed by atoms with Gasteiger partial charge in [-0.25, -0.2) is 0 Å². The molecule has 210 valence electrons. The molecule has 1 N–H and O–H groups in total. The highest BCUT2D eigenvalue weighted by Crippen LogP contribution is 2.37. The van der Waals surface area contributed by atoms with E-state index in [4.69, 9.17) is 16.3 Å². The van der Waals surface area contributed by atoms with Crippen LogP contribution in [0.2, 0.25) is 5.02 Å². The summed E-state index contributed by atoms with van der Waals surface area (Å²) < 4.78 is 8.28. The summed E-state index contributed by atoms with van der Waals surface area (Å²) in [6.45, 7) is 5.25. The van der Waals surface area contributed by atoms with Crippen LogP contribution in [-0.2, 0) is 22.5 Å². The molecule has 0 aliphatic heterocycles. The van der Waals surface area contributed by atoms with Crippen LogP contribution in [0.5, 0.6) is 0 Å². The number of aromatic nitrogens is 1. The highest BCUT2D eigenvalue weighted by molar-refractivity contribution is 7.18. The average molecular weight is 593 g/mol. The lowest BCUT2D eigenvalue weighted by Crippen LogP contribution is -2.07. The van der Waals surface area contributed by atoms with Crippen molar-refractivity contribution in [2.24, 2.45) is 0 Å². The van der Waals surface area contributed by atoms with Crippen molar-refractivity contribution in [3.8, 4) is 11.1 Å². The Bertz CT molecular complexity index is 1800. The van der Waals surface area contributed by atoms with Gasteiger partial charge >= 0.3 is 5.97 Å². The number of hydrogen-bond donors (Lipinski definition) is 1. The van der Waals surface area contributed by atoms with E-state index < -0.39 is 9.85 Å². The number of benzene rings is 3.